The Hall–Kier alpha value is -11.1. The zero-order valence-electron chi connectivity index (χ0n) is 50.5. The van der Waals surface area contributed by atoms with Crippen LogP contribution in [0.1, 0.15) is 48.2 Å². The third kappa shape index (κ3) is 21.3. The fourth-order valence-corrected chi connectivity index (χ4v) is 8.59. The molecule has 0 spiro atoms. The van der Waals surface area contributed by atoms with Crippen molar-refractivity contribution in [1.82, 2.24) is 90.8 Å². The van der Waals surface area contributed by atoms with E-state index in [1.807, 2.05) is 71.4 Å². The van der Waals surface area contributed by atoms with E-state index in [2.05, 4.69) is 103 Å². The second kappa shape index (κ2) is 32.7. The van der Waals surface area contributed by atoms with Gasteiger partial charge in [0.2, 0.25) is 0 Å². The number of halogens is 1. The minimum atomic E-state index is -4.02. The van der Waals surface area contributed by atoms with E-state index in [1.54, 1.807) is 83.3 Å². The number of hydrogen-bond acceptors (Lipinski definition) is 25. The van der Waals surface area contributed by atoms with Crippen molar-refractivity contribution in [2.24, 2.45) is 21.1 Å². The van der Waals surface area contributed by atoms with Crippen LogP contribution in [0, 0.1) is 20.8 Å². The van der Waals surface area contributed by atoms with Gasteiger partial charge in [-0.1, -0.05) is 41.4 Å². The maximum atomic E-state index is 12.2. The van der Waals surface area contributed by atoms with Crippen molar-refractivity contribution in [3.8, 4) is 0 Å². The Kier molecular flexibility index (Phi) is 25.4. The molecule has 0 fully saturated rings. The third-order valence-corrected chi connectivity index (χ3v) is 13.8. The highest BCUT2D eigenvalue weighted by atomic mass is 35.5. The van der Waals surface area contributed by atoms with E-state index in [1.165, 1.54) is 56.7 Å². The predicted octanol–water partition coefficient (Wildman–Crippen LogP) is 4.97. The third-order valence-electron chi connectivity index (χ3n) is 11.6. The van der Waals surface area contributed by atoms with Gasteiger partial charge < -0.3 is 53.7 Å². The molecule has 10 rings (SSSR count). The number of nitrogens with one attached hydrogen (secondary N) is 8. The van der Waals surface area contributed by atoms with E-state index in [0.717, 1.165) is 22.9 Å². The molecule has 0 bridgehead atoms. The number of carbonyl (C=O) groups is 3. The van der Waals surface area contributed by atoms with Crippen LogP contribution in [0.25, 0.3) is 0 Å². The smallest absolute Gasteiger partial charge is 0.294 e. The highest BCUT2D eigenvalue weighted by Gasteiger charge is 2.21. The van der Waals surface area contributed by atoms with E-state index in [-0.39, 0.29) is 60.8 Å². The lowest BCUT2D eigenvalue weighted by Crippen LogP contribution is -2.22. The van der Waals surface area contributed by atoms with Crippen LogP contribution in [-0.2, 0) is 41.1 Å². The van der Waals surface area contributed by atoms with Crippen molar-refractivity contribution in [2.45, 2.75) is 30.6 Å². The Morgan fingerprint density at radius 2 is 0.901 bits per heavy atom. The van der Waals surface area contributed by atoms with Gasteiger partial charge >= 0.3 is 0 Å². The van der Waals surface area contributed by atoms with E-state index < -0.39 is 25.9 Å². The van der Waals surface area contributed by atoms with Gasteiger partial charge in [0.1, 0.15) is 28.2 Å². The summed E-state index contributed by atoms with van der Waals surface area (Å²) in [7, 11) is 2.38. The molecule has 0 aliphatic heterocycles. The number of aryl methyl sites for hydroxylation is 6. The molecule has 33 nitrogen and oxygen atoms in total. The Bertz CT molecular complexity index is 4330. The lowest BCUT2D eigenvalue weighted by Gasteiger charge is -2.13. The summed E-state index contributed by atoms with van der Waals surface area (Å²) in [6.45, 7) is 5.68. The van der Waals surface area contributed by atoms with Crippen molar-refractivity contribution < 1.29 is 41.2 Å². The minimum Gasteiger partial charge on any atom is -0.412 e. The first-order valence-electron chi connectivity index (χ1n) is 26.3. The number of anilines is 11. The Balaban J connectivity index is 0.000000219. The summed E-state index contributed by atoms with van der Waals surface area (Å²) in [6.07, 6.45) is 11.2. The lowest BCUT2D eigenvalue weighted by atomic mass is 10.2. The molecule has 9 aromatic heterocycles. The number of carbonyl (C=O) groups excluding carboxylic acids is 3. The summed E-state index contributed by atoms with van der Waals surface area (Å²) in [5.74, 6) is 2.68. The molecular formula is C55H65ClN24O9S2. The topological polar surface area (TPSA) is 463 Å². The fraction of sp³-hybridized carbons (Fsp3) is 0.182. The molecule has 13 N–H and O–H groups in total. The van der Waals surface area contributed by atoms with Gasteiger partial charge in [0.05, 0.1) is 22.0 Å². The Morgan fingerprint density at radius 3 is 1.26 bits per heavy atom. The average molecular weight is 1310 g/mol. The van der Waals surface area contributed by atoms with E-state index >= 15 is 0 Å². The van der Waals surface area contributed by atoms with Crippen LogP contribution in [0.4, 0.5) is 63.6 Å². The van der Waals surface area contributed by atoms with E-state index in [4.69, 9.17) is 21.9 Å². The second-order valence-electron chi connectivity index (χ2n) is 18.7. The maximum absolute atomic E-state index is 12.2. The number of pyridine rings is 3. The molecule has 0 saturated carbocycles. The number of nitrogen functional groups attached to an aromatic ring is 1. The predicted molar refractivity (Wildman–Crippen MR) is 342 cm³/mol. The van der Waals surface area contributed by atoms with Crippen LogP contribution >= 0.6 is 11.6 Å². The molecule has 3 amide bonds. The molecule has 36 heteroatoms. The first-order valence-corrected chi connectivity index (χ1v) is 30.0. The molecule has 478 valence electrons. The number of benzene rings is 1. The number of amides is 3. The first-order chi connectivity index (χ1) is 42.7. The van der Waals surface area contributed by atoms with Crippen molar-refractivity contribution in [2.75, 3.05) is 59.7 Å². The van der Waals surface area contributed by atoms with Crippen LogP contribution in [-0.4, -0.2) is 147 Å². The molecule has 91 heavy (non-hydrogen) atoms. The molecule has 0 aliphatic carbocycles. The summed E-state index contributed by atoms with van der Waals surface area (Å²) in [6, 6.07) is 26.5. The number of nitrogens with zero attached hydrogens (tertiary/aromatic N) is 15. The van der Waals surface area contributed by atoms with Gasteiger partial charge in [-0.15, -0.1) is 30.6 Å². The van der Waals surface area contributed by atoms with Crippen molar-refractivity contribution >= 4 is 113 Å². The van der Waals surface area contributed by atoms with Crippen LogP contribution in [0.15, 0.2) is 144 Å². The lowest BCUT2D eigenvalue weighted by molar-refractivity contribution is 0.0950. The minimum absolute atomic E-state index is 0. The van der Waals surface area contributed by atoms with Crippen LogP contribution in [0.3, 0.4) is 0 Å². The van der Waals surface area contributed by atoms with Gasteiger partial charge in [-0.3, -0.25) is 33.0 Å². The molecule has 0 aliphatic rings. The van der Waals surface area contributed by atoms with Gasteiger partial charge in [-0.2, -0.15) is 23.7 Å². The molecular weight excluding hydrogens is 1240 g/mol. The molecule has 0 saturated heterocycles. The summed E-state index contributed by atoms with van der Waals surface area (Å²) in [5.41, 5.74) is 9.61. The van der Waals surface area contributed by atoms with Crippen LogP contribution in [0.2, 0.25) is 5.15 Å². The second-order valence-corrected chi connectivity index (χ2v) is 22.5. The fourth-order valence-electron chi connectivity index (χ4n) is 7.19. The number of rotatable bonds is 15. The molecule has 0 radical (unpaired) electrons. The highest BCUT2D eigenvalue weighted by molar-refractivity contribution is 7.90. The number of aromatic nitrogens is 15. The number of hydrogen-bond donors (Lipinski definition) is 10. The van der Waals surface area contributed by atoms with Gasteiger partial charge in [0.25, 0.3) is 27.8 Å². The standard InChI is InChI=1S/C16H18N8O3S.C16H18N8O.C12H12ClN5O.C7H8O3S.C4H7N3.H2O/c1-17-16(25)14-10(19-15-11(28(3,26)27)5-4-7-18-15)9-13(21-22-14)20-12-6-8-24(2)23-12;1-10-5-4-7-18-15(10)19-11-9-13(20-12-6-8-24(3)23-12)21-22-14(11)16(25)17-2;1-7-4-3-5-15-11(7)16-8-6-9(13)17-18-10(8)12(19)14-2;1-6-2-4-7(5-3-6)11(8,9)10;1-7-3-2-4(5)6-7;/h4-9H,1-3H3,(H,17,25)(H2,18,19,20,21,23);4-9H,1-3H3,(H,17,25)(H2,18,19,20,21,23);3-6H,1-2H3,(H,14,19)(H,15,16,17);2-5H,1H3,(H,8,9,10);2-3H,1H3,(H2,5,6);1H2. The summed E-state index contributed by atoms with van der Waals surface area (Å²) in [5, 5.41) is 58.5. The maximum Gasteiger partial charge on any atom is 0.294 e. The highest BCUT2D eigenvalue weighted by Crippen LogP contribution is 2.28. The molecule has 0 atom stereocenters. The SMILES string of the molecule is CNC(=O)c1nnc(Cl)cc1Nc1ncccc1C.CNC(=O)c1nnc(Nc2ccn(C)n2)cc1Nc1ncccc1C.CNC(=O)c1nnc(Nc2ccn(C)n2)cc1Nc1ncccc1S(C)(=O)=O.Cc1ccc(S(=O)(=O)O)cc1.Cn1ccc(N)n1.O. The zero-order chi connectivity index (χ0) is 65.7. The summed E-state index contributed by atoms with van der Waals surface area (Å²) in [4.78, 5) is 48.4. The van der Waals surface area contributed by atoms with Gasteiger partial charge in [-0.25, -0.2) is 23.4 Å². The largest absolute Gasteiger partial charge is 0.412 e. The summed E-state index contributed by atoms with van der Waals surface area (Å²) < 4.78 is 58.5. The molecule has 10 aromatic rings. The van der Waals surface area contributed by atoms with Crippen molar-refractivity contribution in [1.29, 1.82) is 0 Å². The number of nitrogens with two attached hydrogens (primary N) is 1. The van der Waals surface area contributed by atoms with Crippen LogP contribution in [0.5, 0.6) is 0 Å². The van der Waals surface area contributed by atoms with Crippen LogP contribution < -0.4 is 48.3 Å². The van der Waals surface area contributed by atoms with Gasteiger partial charge in [0, 0.05) is 116 Å². The van der Waals surface area contributed by atoms with E-state index in [0.29, 0.717) is 52.1 Å². The van der Waals surface area contributed by atoms with Crippen molar-refractivity contribution in [3.63, 3.8) is 0 Å². The number of sulfone groups is 1. The molecule has 9 heterocycles. The van der Waals surface area contributed by atoms with Crippen molar-refractivity contribution in [3.05, 3.63) is 173 Å². The summed E-state index contributed by atoms with van der Waals surface area (Å²) >= 11 is 5.80. The quantitative estimate of drug-likeness (QED) is 0.0605. The Labute approximate surface area is 527 Å². The Morgan fingerprint density at radius 1 is 0.505 bits per heavy atom. The van der Waals surface area contributed by atoms with Gasteiger partial charge in [-0.05, 0) is 74.4 Å². The monoisotopic (exact) mass is 1300 g/mol. The zero-order valence-corrected chi connectivity index (χ0v) is 52.9. The molecule has 1 aromatic carbocycles. The molecule has 0 unspecified atom stereocenters. The van der Waals surface area contributed by atoms with Gasteiger partial charge in [0.15, 0.2) is 55.3 Å². The first kappa shape index (κ1) is 70.6. The van der Waals surface area contributed by atoms with E-state index in [9.17, 15) is 31.2 Å². The average Bonchev–Trinajstić information content (AvgIpc) is 2.40. The normalized spacial score (nSPS) is 10.5.